The maximum atomic E-state index is 12.0. The molecule has 0 saturated heterocycles. The molecular weight excluding hydrogens is 380 g/mol. The van der Waals surface area contributed by atoms with E-state index in [1.165, 1.54) is 6.08 Å². The van der Waals surface area contributed by atoms with E-state index in [2.05, 4.69) is 0 Å². The molecule has 0 amide bonds. The van der Waals surface area contributed by atoms with Crippen LogP contribution < -0.4 is 9.84 Å². The SMILES string of the molecule is CCO[Si](CCCCC(=O)Oc1ccc(/C=C/C(=O)[O-])cc1)(OCC)OCC. The average Bonchev–Trinajstić information content (AvgIpc) is 2.65. The zero-order valence-corrected chi connectivity index (χ0v) is 17.8. The van der Waals surface area contributed by atoms with E-state index in [9.17, 15) is 14.7 Å². The molecular formula is C20H29O7Si-. The predicted octanol–water partition coefficient (Wildman–Crippen LogP) is 2.57. The number of carboxylic acids is 1. The molecule has 28 heavy (non-hydrogen) atoms. The summed E-state index contributed by atoms with van der Waals surface area (Å²) in [5.41, 5.74) is 0.674. The number of benzene rings is 1. The third-order valence-corrected chi connectivity index (χ3v) is 6.88. The molecule has 7 nitrogen and oxygen atoms in total. The number of unbranched alkanes of at least 4 members (excludes halogenated alkanes) is 1. The highest BCUT2D eigenvalue weighted by molar-refractivity contribution is 6.60. The van der Waals surface area contributed by atoms with E-state index in [-0.39, 0.29) is 12.4 Å². The van der Waals surface area contributed by atoms with Gasteiger partial charge in [0.15, 0.2) is 0 Å². The Labute approximate surface area is 167 Å². The van der Waals surface area contributed by atoms with Gasteiger partial charge in [-0.05, 0) is 57.4 Å². The Morgan fingerprint density at radius 1 is 0.964 bits per heavy atom. The Morgan fingerprint density at radius 3 is 2.04 bits per heavy atom. The van der Waals surface area contributed by atoms with Gasteiger partial charge in [0.05, 0.1) is 5.97 Å². The van der Waals surface area contributed by atoms with Crippen LogP contribution in [0.5, 0.6) is 5.75 Å². The van der Waals surface area contributed by atoms with E-state index in [1.54, 1.807) is 24.3 Å². The minimum absolute atomic E-state index is 0.279. The maximum absolute atomic E-state index is 12.0. The molecule has 0 heterocycles. The fourth-order valence-corrected chi connectivity index (χ4v) is 5.29. The van der Waals surface area contributed by atoms with Crippen molar-refractivity contribution in [2.24, 2.45) is 0 Å². The van der Waals surface area contributed by atoms with Gasteiger partial charge in [-0.3, -0.25) is 4.79 Å². The van der Waals surface area contributed by atoms with E-state index in [4.69, 9.17) is 18.0 Å². The van der Waals surface area contributed by atoms with E-state index in [1.807, 2.05) is 20.8 Å². The van der Waals surface area contributed by atoms with Crippen LogP contribution in [0.2, 0.25) is 6.04 Å². The van der Waals surface area contributed by atoms with Crippen LogP contribution in [-0.4, -0.2) is 40.6 Å². The first-order valence-corrected chi connectivity index (χ1v) is 11.5. The molecule has 0 atom stereocenters. The van der Waals surface area contributed by atoms with Gasteiger partial charge in [0.25, 0.3) is 0 Å². The van der Waals surface area contributed by atoms with Crippen molar-refractivity contribution in [1.82, 2.24) is 0 Å². The summed E-state index contributed by atoms with van der Waals surface area (Å²) >= 11 is 0. The smallest absolute Gasteiger partial charge is 0.500 e. The summed E-state index contributed by atoms with van der Waals surface area (Å²) < 4.78 is 22.7. The second-order valence-corrected chi connectivity index (χ2v) is 8.62. The lowest BCUT2D eigenvalue weighted by Gasteiger charge is -2.28. The van der Waals surface area contributed by atoms with E-state index in [0.717, 1.165) is 12.5 Å². The summed E-state index contributed by atoms with van der Waals surface area (Å²) in [7, 11) is -2.67. The lowest BCUT2D eigenvalue weighted by molar-refractivity contribution is -0.297. The molecule has 0 bridgehead atoms. The molecule has 1 aromatic carbocycles. The van der Waals surface area contributed by atoms with Crippen LogP contribution in [0.25, 0.3) is 6.08 Å². The van der Waals surface area contributed by atoms with Crippen molar-refractivity contribution < 1.29 is 32.7 Å². The van der Waals surface area contributed by atoms with E-state index >= 15 is 0 Å². The van der Waals surface area contributed by atoms with Gasteiger partial charge in [-0.15, -0.1) is 0 Å². The van der Waals surface area contributed by atoms with Crippen molar-refractivity contribution in [1.29, 1.82) is 0 Å². The number of esters is 1. The van der Waals surface area contributed by atoms with Gasteiger partial charge < -0.3 is 27.9 Å². The molecule has 0 N–H and O–H groups in total. The van der Waals surface area contributed by atoms with Gasteiger partial charge >= 0.3 is 14.8 Å². The maximum Gasteiger partial charge on any atom is 0.500 e. The third kappa shape index (κ3) is 9.27. The monoisotopic (exact) mass is 409 g/mol. The van der Waals surface area contributed by atoms with Gasteiger partial charge in [0.2, 0.25) is 0 Å². The Hall–Kier alpha value is -2.00. The number of carbonyl (C=O) groups is 2. The third-order valence-electron chi connectivity index (χ3n) is 3.73. The Balaban J connectivity index is 2.44. The average molecular weight is 410 g/mol. The normalized spacial score (nSPS) is 11.7. The first kappa shape index (κ1) is 24.0. The number of carbonyl (C=O) groups excluding carboxylic acids is 2. The molecule has 0 spiro atoms. The van der Waals surface area contributed by atoms with Crippen LogP contribution in [-0.2, 0) is 22.9 Å². The standard InChI is InChI=1S/C20H30O7Si/c1-4-24-28(25-5-2,26-6-3)16-8-7-9-20(23)27-18-13-10-17(11-14-18)12-15-19(21)22/h10-15H,4-9,16H2,1-3H3,(H,21,22)/p-1/b15-12+. The first-order valence-electron chi connectivity index (χ1n) is 9.56. The summed E-state index contributed by atoms with van der Waals surface area (Å²) in [6, 6.07) is 7.21. The van der Waals surface area contributed by atoms with Crippen LogP contribution in [0.4, 0.5) is 0 Å². The Kier molecular flexibility index (Phi) is 11.3. The summed E-state index contributed by atoms with van der Waals surface area (Å²) in [5.74, 6) is -1.17. The highest BCUT2D eigenvalue weighted by Crippen LogP contribution is 2.20. The fraction of sp³-hybridized carbons (Fsp3) is 0.500. The van der Waals surface area contributed by atoms with Crippen molar-refractivity contribution in [2.45, 2.75) is 46.1 Å². The van der Waals surface area contributed by atoms with Crippen LogP contribution in [0.15, 0.2) is 30.3 Å². The zero-order chi connectivity index (χ0) is 20.8. The highest BCUT2D eigenvalue weighted by atomic mass is 28.4. The number of rotatable bonds is 14. The topological polar surface area (TPSA) is 94.1 Å². The van der Waals surface area contributed by atoms with Gasteiger partial charge in [0.1, 0.15) is 5.75 Å². The second kappa shape index (κ2) is 13.2. The van der Waals surface area contributed by atoms with Crippen LogP contribution in [0, 0.1) is 0 Å². The molecule has 0 aliphatic rings. The van der Waals surface area contributed by atoms with E-state index < -0.39 is 14.8 Å². The van der Waals surface area contributed by atoms with Crippen molar-refractivity contribution >= 4 is 26.8 Å². The predicted molar refractivity (Wildman–Crippen MR) is 105 cm³/mol. The van der Waals surface area contributed by atoms with Gasteiger partial charge in [-0.25, -0.2) is 0 Å². The molecule has 8 heteroatoms. The summed E-state index contributed by atoms with van der Waals surface area (Å²) in [5, 5.41) is 10.4. The largest absolute Gasteiger partial charge is 0.545 e. The van der Waals surface area contributed by atoms with Crippen LogP contribution in [0.3, 0.4) is 0 Å². The molecule has 0 aliphatic heterocycles. The molecule has 0 fully saturated rings. The molecule has 0 saturated carbocycles. The van der Waals surface area contributed by atoms with Crippen molar-refractivity contribution in [3.63, 3.8) is 0 Å². The number of carboxylic acid groups (broad SMARTS) is 1. The minimum Gasteiger partial charge on any atom is -0.545 e. The van der Waals surface area contributed by atoms with Gasteiger partial charge in [0, 0.05) is 32.3 Å². The molecule has 0 radical (unpaired) electrons. The lowest BCUT2D eigenvalue weighted by atomic mass is 10.2. The van der Waals surface area contributed by atoms with Crippen LogP contribution >= 0.6 is 0 Å². The Morgan fingerprint density at radius 2 is 1.54 bits per heavy atom. The van der Waals surface area contributed by atoms with E-state index in [0.29, 0.717) is 43.6 Å². The van der Waals surface area contributed by atoms with Crippen LogP contribution in [0.1, 0.15) is 45.6 Å². The number of hydrogen-bond acceptors (Lipinski definition) is 7. The van der Waals surface area contributed by atoms with Gasteiger partial charge in [-0.1, -0.05) is 18.2 Å². The summed E-state index contributed by atoms with van der Waals surface area (Å²) in [4.78, 5) is 22.4. The Bertz CT molecular complexity index is 611. The lowest BCUT2D eigenvalue weighted by Crippen LogP contribution is -2.45. The van der Waals surface area contributed by atoms with Crippen molar-refractivity contribution in [2.75, 3.05) is 19.8 Å². The summed E-state index contributed by atoms with van der Waals surface area (Å²) in [6.45, 7) is 7.33. The zero-order valence-electron chi connectivity index (χ0n) is 16.8. The summed E-state index contributed by atoms with van der Waals surface area (Å²) in [6.07, 6.45) is 4.02. The quantitative estimate of drug-likeness (QED) is 0.153. The minimum atomic E-state index is -2.67. The second-order valence-electron chi connectivity index (χ2n) is 5.88. The number of aliphatic carboxylic acids is 1. The molecule has 0 unspecified atom stereocenters. The molecule has 1 rings (SSSR count). The fourth-order valence-electron chi connectivity index (χ4n) is 2.61. The molecule has 156 valence electrons. The van der Waals surface area contributed by atoms with Crippen molar-refractivity contribution in [3.8, 4) is 5.75 Å². The number of ether oxygens (including phenoxy) is 1. The number of hydrogen-bond donors (Lipinski definition) is 0. The first-order chi connectivity index (χ1) is 13.4. The van der Waals surface area contributed by atoms with Gasteiger partial charge in [-0.2, -0.15) is 0 Å². The molecule has 0 aromatic heterocycles. The molecule has 0 aliphatic carbocycles. The van der Waals surface area contributed by atoms with Crippen molar-refractivity contribution in [3.05, 3.63) is 35.9 Å². The highest BCUT2D eigenvalue weighted by Gasteiger charge is 2.39. The molecule has 1 aromatic rings.